The molecule has 1 heterocycles. The molecule has 31 heavy (non-hydrogen) atoms. The van der Waals surface area contributed by atoms with Gasteiger partial charge in [-0.15, -0.1) is 5.10 Å². The quantitative estimate of drug-likeness (QED) is 0.454. The average molecular weight is 433 g/mol. The molecule has 7 heteroatoms. The van der Waals surface area contributed by atoms with Gasteiger partial charge in [-0.05, 0) is 67.4 Å². The van der Waals surface area contributed by atoms with E-state index in [0.717, 1.165) is 22.4 Å². The molecule has 0 saturated carbocycles. The zero-order valence-electron chi connectivity index (χ0n) is 17.4. The van der Waals surface area contributed by atoms with Crippen molar-refractivity contribution in [3.8, 4) is 22.8 Å². The van der Waals surface area contributed by atoms with Crippen molar-refractivity contribution in [1.82, 2.24) is 14.8 Å². The number of nitrogens with one attached hydrogen (secondary N) is 1. The highest BCUT2D eigenvalue weighted by atomic mass is 35.5. The molecular formula is C24H21ClN4O2. The highest BCUT2D eigenvalue weighted by Crippen LogP contribution is 2.26. The van der Waals surface area contributed by atoms with Crippen molar-refractivity contribution in [1.29, 1.82) is 0 Å². The number of anilines is 1. The zero-order valence-corrected chi connectivity index (χ0v) is 18.1. The molecule has 0 aliphatic heterocycles. The van der Waals surface area contributed by atoms with Crippen LogP contribution in [-0.2, 0) is 0 Å². The van der Waals surface area contributed by atoms with Crippen LogP contribution in [0.2, 0.25) is 5.02 Å². The summed E-state index contributed by atoms with van der Waals surface area (Å²) in [6, 6.07) is 20.5. The number of aromatic nitrogens is 3. The fraction of sp³-hybridized carbons (Fsp3) is 0.125. The molecule has 1 aromatic heterocycles. The Morgan fingerprint density at radius 1 is 1.03 bits per heavy atom. The molecule has 0 unspecified atom stereocenters. The first-order chi connectivity index (χ1) is 14.9. The number of nitrogens with zero attached hydrogens (tertiary/aromatic N) is 3. The molecule has 4 rings (SSSR count). The van der Waals surface area contributed by atoms with E-state index in [9.17, 15) is 4.79 Å². The molecule has 0 aliphatic rings. The van der Waals surface area contributed by atoms with E-state index in [-0.39, 0.29) is 5.82 Å². The maximum atomic E-state index is 12.9. The van der Waals surface area contributed by atoms with Gasteiger partial charge in [0.1, 0.15) is 5.75 Å². The first kappa shape index (κ1) is 20.6. The van der Waals surface area contributed by atoms with E-state index in [1.54, 1.807) is 48.2 Å². The minimum Gasteiger partial charge on any atom is -0.497 e. The molecule has 156 valence electrons. The Kier molecular flexibility index (Phi) is 5.73. The van der Waals surface area contributed by atoms with Crippen molar-refractivity contribution in [3.63, 3.8) is 0 Å². The SMILES string of the molecule is COc1ccc(NC(=O)c2nc(-c3cccc(Cl)c3)n(-c3cc(C)ccc3C)n2)cc1. The summed E-state index contributed by atoms with van der Waals surface area (Å²) in [6.07, 6.45) is 0. The van der Waals surface area contributed by atoms with Gasteiger partial charge in [-0.25, -0.2) is 9.67 Å². The molecule has 0 bridgehead atoms. The molecule has 0 aliphatic carbocycles. The largest absolute Gasteiger partial charge is 0.497 e. The first-order valence-electron chi connectivity index (χ1n) is 9.70. The summed E-state index contributed by atoms with van der Waals surface area (Å²) in [5.74, 6) is 0.902. The highest BCUT2D eigenvalue weighted by Gasteiger charge is 2.20. The Hall–Kier alpha value is -3.64. The Balaban J connectivity index is 1.77. The second-order valence-corrected chi connectivity index (χ2v) is 7.59. The van der Waals surface area contributed by atoms with E-state index in [1.807, 2.05) is 44.2 Å². The maximum Gasteiger partial charge on any atom is 0.295 e. The second kappa shape index (κ2) is 8.62. The smallest absolute Gasteiger partial charge is 0.295 e. The number of benzene rings is 3. The number of hydrogen-bond donors (Lipinski definition) is 1. The average Bonchev–Trinajstić information content (AvgIpc) is 3.21. The lowest BCUT2D eigenvalue weighted by molar-refractivity contribution is 0.101. The van der Waals surface area contributed by atoms with E-state index in [1.165, 1.54) is 0 Å². The summed E-state index contributed by atoms with van der Waals surface area (Å²) in [4.78, 5) is 17.5. The number of carbonyl (C=O) groups excluding carboxylic acids is 1. The van der Waals surface area contributed by atoms with E-state index in [0.29, 0.717) is 22.3 Å². The van der Waals surface area contributed by atoms with Crippen molar-refractivity contribution in [2.24, 2.45) is 0 Å². The lowest BCUT2D eigenvalue weighted by Gasteiger charge is -2.10. The zero-order chi connectivity index (χ0) is 22.0. The molecule has 0 spiro atoms. The van der Waals surface area contributed by atoms with Crippen molar-refractivity contribution in [2.45, 2.75) is 13.8 Å². The van der Waals surface area contributed by atoms with Gasteiger partial charge in [0.2, 0.25) is 5.82 Å². The van der Waals surface area contributed by atoms with Crippen LogP contribution in [0.15, 0.2) is 66.7 Å². The van der Waals surface area contributed by atoms with Crippen LogP contribution in [0.4, 0.5) is 5.69 Å². The van der Waals surface area contributed by atoms with Crippen molar-refractivity contribution >= 4 is 23.2 Å². The van der Waals surface area contributed by atoms with Crippen LogP contribution in [0, 0.1) is 13.8 Å². The van der Waals surface area contributed by atoms with Gasteiger partial charge in [0.15, 0.2) is 5.82 Å². The van der Waals surface area contributed by atoms with Crippen LogP contribution >= 0.6 is 11.6 Å². The maximum absolute atomic E-state index is 12.9. The fourth-order valence-corrected chi connectivity index (χ4v) is 3.39. The Labute approximate surface area is 185 Å². The van der Waals surface area contributed by atoms with Crippen molar-refractivity contribution in [3.05, 3.63) is 88.7 Å². The topological polar surface area (TPSA) is 69.0 Å². The first-order valence-corrected chi connectivity index (χ1v) is 10.1. The summed E-state index contributed by atoms with van der Waals surface area (Å²) < 4.78 is 6.85. The number of methoxy groups -OCH3 is 1. The van der Waals surface area contributed by atoms with Crippen molar-refractivity contribution in [2.75, 3.05) is 12.4 Å². The lowest BCUT2D eigenvalue weighted by atomic mass is 10.1. The molecule has 0 fully saturated rings. The highest BCUT2D eigenvalue weighted by molar-refractivity contribution is 6.30. The van der Waals surface area contributed by atoms with Gasteiger partial charge in [-0.3, -0.25) is 4.79 Å². The number of halogens is 1. The molecule has 3 aromatic carbocycles. The summed E-state index contributed by atoms with van der Waals surface area (Å²) >= 11 is 6.20. The standard InChI is InChI=1S/C24H21ClN4O2/c1-15-7-8-16(2)21(13-15)29-23(17-5-4-6-18(25)14-17)27-22(28-29)24(30)26-19-9-11-20(31-3)12-10-19/h4-14H,1-3H3,(H,26,30). The third-order valence-corrected chi connectivity index (χ3v) is 5.07. The van der Waals surface area contributed by atoms with E-state index in [2.05, 4.69) is 15.4 Å². The van der Waals surface area contributed by atoms with Crippen LogP contribution in [-0.4, -0.2) is 27.8 Å². The van der Waals surface area contributed by atoms with E-state index >= 15 is 0 Å². The van der Waals surface area contributed by atoms with Gasteiger partial charge in [0.25, 0.3) is 5.91 Å². The Morgan fingerprint density at radius 3 is 2.52 bits per heavy atom. The minimum absolute atomic E-state index is 0.0618. The number of rotatable bonds is 5. The third-order valence-electron chi connectivity index (χ3n) is 4.83. The Morgan fingerprint density at radius 2 is 1.81 bits per heavy atom. The predicted octanol–water partition coefficient (Wildman–Crippen LogP) is 5.47. The van der Waals surface area contributed by atoms with Gasteiger partial charge < -0.3 is 10.1 Å². The number of aryl methyl sites for hydroxylation is 2. The Bertz CT molecular complexity index is 1250. The monoisotopic (exact) mass is 432 g/mol. The van der Waals surface area contributed by atoms with Crippen LogP contribution in [0.5, 0.6) is 5.75 Å². The van der Waals surface area contributed by atoms with Gasteiger partial charge in [-0.2, -0.15) is 0 Å². The second-order valence-electron chi connectivity index (χ2n) is 7.15. The molecule has 6 nitrogen and oxygen atoms in total. The lowest BCUT2D eigenvalue weighted by Crippen LogP contribution is -2.14. The minimum atomic E-state index is -0.405. The van der Waals surface area contributed by atoms with Crippen LogP contribution in [0.3, 0.4) is 0 Å². The number of ether oxygens (including phenoxy) is 1. The van der Waals surface area contributed by atoms with E-state index in [4.69, 9.17) is 16.3 Å². The molecule has 4 aromatic rings. The molecular weight excluding hydrogens is 412 g/mol. The molecule has 0 saturated heterocycles. The summed E-state index contributed by atoms with van der Waals surface area (Å²) in [5.41, 5.74) is 4.34. The normalized spacial score (nSPS) is 10.7. The van der Waals surface area contributed by atoms with E-state index < -0.39 is 5.91 Å². The van der Waals surface area contributed by atoms with Crippen LogP contribution in [0.25, 0.3) is 17.1 Å². The van der Waals surface area contributed by atoms with Gasteiger partial charge in [0, 0.05) is 16.3 Å². The summed E-state index contributed by atoms with van der Waals surface area (Å²) in [6.45, 7) is 4.01. The predicted molar refractivity (Wildman–Crippen MR) is 122 cm³/mol. The van der Waals surface area contributed by atoms with Gasteiger partial charge in [0.05, 0.1) is 12.8 Å². The van der Waals surface area contributed by atoms with Crippen molar-refractivity contribution < 1.29 is 9.53 Å². The summed E-state index contributed by atoms with van der Waals surface area (Å²) in [5, 5.41) is 7.96. The number of hydrogen-bond acceptors (Lipinski definition) is 4. The molecule has 1 amide bonds. The number of carbonyl (C=O) groups is 1. The van der Waals surface area contributed by atoms with Crippen LogP contribution < -0.4 is 10.1 Å². The summed E-state index contributed by atoms with van der Waals surface area (Å²) in [7, 11) is 1.59. The van der Waals surface area contributed by atoms with Crippen LogP contribution in [0.1, 0.15) is 21.7 Å². The van der Waals surface area contributed by atoms with Gasteiger partial charge in [-0.1, -0.05) is 35.9 Å². The molecule has 0 atom stereocenters. The fourth-order valence-electron chi connectivity index (χ4n) is 3.20. The van der Waals surface area contributed by atoms with Gasteiger partial charge >= 0.3 is 0 Å². The molecule has 0 radical (unpaired) electrons. The molecule has 1 N–H and O–H groups in total. The number of amides is 1. The third kappa shape index (κ3) is 4.44.